The molecule has 10 heteroatoms. The SMILES string of the molecule is CCCNC(=O)NC(=O)COC(=O)c1ccc(OCC)c([N+](=O)[O-])c1. The molecule has 0 aliphatic heterocycles. The number of nitrogens with one attached hydrogen (secondary N) is 2. The van der Waals surface area contributed by atoms with Gasteiger partial charge in [-0.15, -0.1) is 0 Å². The average molecular weight is 353 g/mol. The zero-order valence-corrected chi connectivity index (χ0v) is 13.9. The Morgan fingerprint density at radius 3 is 2.56 bits per heavy atom. The summed E-state index contributed by atoms with van der Waals surface area (Å²) in [5, 5.41) is 15.4. The van der Waals surface area contributed by atoms with Crippen molar-refractivity contribution in [3.63, 3.8) is 0 Å². The molecule has 0 aromatic heterocycles. The maximum absolute atomic E-state index is 11.9. The molecule has 0 unspecified atom stereocenters. The van der Waals surface area contributed by atoms with Crippen LogP contribution in [0.2, 0.25) is 0 Å². The van der Waals surface area contributed by atoms with Crippen LogP contribution in [0.3, 0.4) is 0 Å². The minimum absolute atomic E-state index is 0.0226. The first-order valence-corrected chi connectivity index (χ1v) is 7.55. The third-order valence-corrected chi connectivity index (χ3v) is 2.81. The predicted molar refractivity (Wildman–Crippen MR) is 86.4 cm³/mol. The van der Waals surface area contributed by atoms with Crippen molar-refractivity contribution < 1.29 is 28.8 Å². The van der Waals surface area contributed by atoms with Crippen molar-refractivity contribution in [2.45, 2.75) is 20.3 Å². The summed E-state index contributed by atoms with van der Waals surface area (Å²) in [6, 6.07) is 2.86. The Labute approximate surface area is 143 Å². The van der Waals surface area contributed by atoms with Crippen molar-refractivity contribution in [1.29, 1.82) is 0 Å². The summed E-state index contributed by atoms with van der Waals surface area (Å²) in [7, 11) is 0. The van der Waals surface area contributed by atoms with Gasteiger partial charge in [-0.05, 0) is 25.5 Å². The van der Waals surface area contributed by atoms with Gasteiger partial charge in [-0.25, -0.2) is 9.59 Å². The maximum atomic E-state index is 11.9. The highest BCUT2D eigenvalue weighted by Gasteiger charge is 2.20. The first-order chi connectivity index (χ1) is 11.9. The number of nitro groups is 1. The van der Waals surface area contributed by atoms with Crippen LogP contribution in [0.1, 0.15) is 30.6 Å². The monoisotopic (exact) mass is 353 g/mol. The molecule has 2 N–H and O–H groups in total. The highest BCUT2D eigenvalue weighted by Crippen LogP contribution is 2.28. The lowest BCUT2D eigenvalue weighted by Crippen LogP contribution is -2.41. The van der Waals surface area contributed by atoms with Crippen LogP contribution in [0.25, 0.3) is 0 Å². The molecule has 0 spiro atoms. The largest absolute Gasteiger partial charge is 0.487 e. The molecule has 3 amide bonds. The van der Waals surface area contributed by atoms with Crippen LogP contribution in [0.15, 0.2) is 18.2 Å². The van der Waals surface area contributed by atoms with Gasteiger partial charge in [0, 0.05) is 12.6 Å². The summed E-state index contributed by atoms with van der Waals surface area (Å²) in [4.78, 5) is 45.0. The highest BCUT2D eigenvalue weighted by atomic mass is 16.6. The first-order valence-electron chi connectivity index (χ1n) is 7.55. The Morgan fingerprint density at radius 2 is 1.96 bits per heavy atom. The van der Waals surface area contributed by atoms with Gasteiger partial charge in [0.1, 0.15) is 0 Å². The van der Waals surface area contributed by atoms with Crippen LogP contribution < -0.4 is 15.4 Å². The van der Waals surface area contributed by atoms with E-state index < -0.39 is 29.4 Å². The van der Waals surface area contributed by atoms with Crippen molar-refractivity contribution >= 4 is 23.6 Å². The molecular weight excluding hydrogens is 334 g/mol. The number of hydrogen-bond donors (Lipinski definition) is 2. The van der Waals surface area contributed by atoms with Gasteiger partial charge in [-0.3, -0.25) is 20.2 Å². The van der Waals surface area contributed by atoms with E-state index in [1.165, 1.54) is 12.1 Å². The molecule has 1 aromatic carbocycles. The second-order valence-corrected chi connectivity index (χ2v) is 4.75. The minimum atomic E-state index is -0.935. The Balaban J connectivity index is 2.65. The van der Waals surface area contributed by atoms with Crippen LogP contribution >= 0.6 is 0 Å². The molecule has 0 heterocycles. The molecule has 0 bridgehead atoms. The summed E-state index contributed by atoms with van der Waals surface area (Å²) in [6.45, 7) is 3.44. The number of nitrogens with zero attached hydrogens (tertiary/aromatic N) is 1. The zero-order chi connectivity index (χ0) is 18.8. The quantitative estimate of drug-likeness (QED) is 0.409. The molecule has 136 valence electrons. The standard InChI is InChI=1S/C15H19N3O7/c1-3-7-16-15(21)17-13(19)9-25-14(20)10-5-6-12(24-4-2)11(8-10)18(22)23/h5-6,8H,3-4,7,9H2,1-2H3,(H2,16,17,19,21). The van der Waals surface area contributed by atoms with Gasteiger partial charge >= 0.3 is 17.7 Å². The predicted octanol–water partition coefficient (Wildman–Crippen LogP) is 1.39. The fraction of sp³-hybridized carbons (Fsp3) is 0.400. The number of nitro benzene ring substituents is 1. The Morgan fingerprint density at radius 1 is 1.24 bits per heavy atom. The van der Waals surface area contributed by atoms with Crippen molar-refractivity contribution in [2.24, 2.45) is 0 Å². The van der Waals surface area contributed by atoms with E-state index >= 15 is 0 Å². The Bertz CT molecular complexity index is 661. The number of hydrogen-bond acceptors (Lipinski definition) is 7. The number of esters is 1. The maximum Gasteiger partial charge on any atom is 0.338 e. The molecular formula is C15H19N3O7. The second kappa shape index (κ2) is 9.85. The molecule has 25 heavy (non-hydrogen) atoms. The fourth-order valence-electron chi connectivity index (χ4n) is 1.72. The Hall–Kier alpha value is -3.17. The lowest BCUT2D eigenvalue weighted by atomic mass is 10.2. The molecule has 0 aliphatic carbocycles. The number of carbonyl (C=O) groups excluding carboxylic acids is 3. The van der Waals surface area contributed by atoms with Gasteiger partial charge in [-0.1, -0.05) is 6.92 Å². The van der Waals surface area contributed by atoms with E-state index in [0.29, 0.717) is 13.0 Å². The highest BCUT2D eigenvalue weighted by molar-refractivity contribution is 5.97. The lowest BCUT2D eigenvalue weighted by Gasteiger charge is -2.08. The number of ether oxygens (including phenoxy) is 2. The minimum Gasteiger partial charge on any atom is -0.487 e. The number of rotatable bonds is 8. The number of amides is 3. The number of carbonyl (C=O) groups is 3. The zero-order valence-electron chi connectivity index (χ0n) is 13.9. The van der Waals surface area contributed by atoms with Gasteiger partial charge in [0.05, 0.1) is 17.1 Å². The summed E-state index contributed by atoms with van der Waals surface area (Å²) >= 11 is 0. The summed E-state index contributed by atoms with van der Waals surface area (Å²) in [5.41, 5.74) is -0.502. The normalized spacial score (nSPS) is 9.84. The van der Waals surface area contributed by atoms with Gasteiger partial charge in [0.2, 0.25) is 0 Å². The van der Waals surface area contributed by atoms with Crippen molar-refractivity contribution in [3.05, 3.63) is 33.9 Å². The number of imide groups is 1. The smallest absolute Gasteiger partial charge is 0.338 e. The number of urea groups is 1. The van der Waals surface area contributed by atoms with E-state index in [1.807, 2.05) is 12.2 Å². The molecule has 0 radical (unpaired) electrons. The van der Waals surface area contributed by atoms with Crippen molar-refractivity contribution in [3.8, 4) is 5.75 Å². The molecule has 0 fully saturated rings. The van der Waals surface area contributed by atoms with Gasteiger partial charge in [0.25, 0.3) is 5.91 Å². The first kappa shape index (κ1) is 19.9. The molecule has 0 saturated carbocycles. The molecule has 0 saturated heterocycles. The second-order valence-electron chi connectivity index (χ2n) is 4.75. The van der Waals surface area contributed by atoms with E-state index in [-0.39, 0.29) is 23.6 Å². The van der Waals surface area contributed by atoms with Crippen LogP contribution in [0.4, 0.5) is 10.5 Å². The van der Waals surface area contributed by atoms with E-state index in [4.69, 9.17) is 9.47 Å². The third-order valence-electron chi connectivity index (χ3n) is 2.81. The summed E-state index contributed by atoms with van der Waals surface area (Å²) < 4.78 is 9.84. The molecule has 10 nitrogen and oxygen atoms in total. The van der Waals surface area contributed by atoms with Crippen LogP contribution in [0, 0.1) is 10.1 Å². The topological polar surface area (TPSA) is 137 Å². The van der Waals surface area contributed by atoms with Gasteiger partial charge in [0.15, 0.2) is 12.4 Å². The van der Waals surface area contributed by atoms with Crippen molar-refractivity contribution in [2.75, 3.05) is 19.8 Å². The average Bonchev–Trinajstić information content (AvgIpc) is 2.58. The van der Waals surface area contributed by atoms with E-state index in [0.717, 1.165) is 6.07 Å². The van der Waals surface area contributed by atoms with Gasteiger partial charge in [-0.2, -0.15) is 0 Å². The summed E-state index contributed by atoms with van der Waals surface area (Å²) in [5.74, 6) is -1.73. The Kier molecular flexibility index (Phi) is 7.83. The van der Waals surface area contributed by atoms with E-state index in [1.54, 1.807) is 6.92 Å². The van der Waals surface area contributed by atoms with Crippen LogP contribution in [-0.4, -0.2) is 42.6 Å². The van der Waals surface area contributed by atoms with Crippen LogP contribution in [0.5, 0.6) is 5.75 Å². The molecule has 1 rings (SSSR count). The third kappa shape index (κ3) is 6.45. The fourth-order valence-corrected chi connectivity index (χ4v) is 1.72. The van der Waals surface area contributed by atoms with Gasteiger partial charge < -0.3 is 14.8 Å². The number of benzene rings is 1. The lowest BCUT2D eigenvalue weighted by molar-refractivity contribution is -0.385. The molecule has 0 aliphatic rings. The van der Waals surface area contributed by atoms with E-state index in [9.17, 15) is 24.5 Å². The molecule has 0 atom stereocenters. The van der Waals surface area contributed by atoms with Crippen LogP contribution in [-0.2, 0) is 9.53 Å². The summed E-state index contributed by atoms with van der Waals surface area (Å²) in [6.07, 6.45) is 0.702. The van der Waals surface area contributed by atoms with Crippen molar-refractivity contribution in [1.82, 2.24) is 10.6 Å². The van der Waals surface area contributed by atoms with E-state index in [2.05, 4.69) is 5.32 Å². The molecule has 1 aromatic rings.